The third kappa shape index (κ3) is 2.73. The third-order valence-corrected chi connectivity index (χ3v) is 6.49. The summed E-state index contributed by atoms with van der Waals surface area (Å²) in [6.07, 6.45) is 3.29. The molecule has 0 bridgehead atoms. The van der Waals surface area contributed by atoms with Crippen LogP contribution in [0.4, 0.5) is 0 Å². The van der Waals surface area contributed by atoms with Gasteiger partial charge < -0.3 is 14.6 Å². The molecule has 6 heteroatoms. The van der Waals surface area contributed by atoms with Crippen LogP contribution in [-0.2, 0) is 17.6 Å². The van der Waals surface area contributed by atoms with Crippen molar-refractivity contribution in [1.29, 1.82) is 0 Å². The van der Waals surface area contributed by atoms with Gasteiger partial charge in [0, 0.05) is 4.88 Å². The minimum absolute atomic E-state index is 0.0524. The van der Waals surface area contributed by atoms with Crippen LogP contribution in [0.2, 0.25) is 0 Å². The molecule has 1 fully saturated rings. The molecule has 1 saturated heterocycles. The van der Waals surface area contributed by atoms with Gasteiger partial charge in [-0.15, -0.1) is 11.3 Å². The van der Waals surface area contributed by atoms with Crippen molar-refractivity contribution >= 4 is 21.6 Å². The molecule has 124 valence electrons. The summed E-state index contributed by atoms with van der Waals surface area (Å²) in [5.74, 6) is 1.54. The maximum Gasteiger partial charge on any atom is 0.260 e. The highest BCUT2D eigenvalue weighted by molar-refractivity contribution is 7.18. The van der Waals surface area contributed by atoms with Crippen LogP contribution >= 0.6 is 11.3 Å². The molecule has 0 spiro atoms. The number of thiophene rings is 1. The summed E-state index contributed by atoms with van der Waals surface area (Å²) < 4.78 is 5.43. The number of aromatic amines is 1. The molecule has 0 radical (unpaired) electrons. The second kappa shape index (κ2) is 6.00. The first-order chi connectivity index (χ1) is 11.1. The maximum atomic E-state index is 12.7. The van der Waals surface area contributed by atoms with E-state index in [2.05, 4.69) is 18.8 Å². The van der Waals surface area contributed by atoms with Crippen molar-refractivity contribution in [1.82, 2.24) is 9.97 Å². The fraction of sp³-hybridized carbons (Fsp3) is 0.647. The smallest absolute Gasteiger partial charge is 0.260 e. The number of nitrogens with zero attached hydrogens (tertiary/aromatic N) is 1. The van der Waals surface area contributed by atoms with Gasteiger partial charge in [0.05, 0.1) is 18.6 Å². The lowest BCUT2D eigenvalue weighted by Crippen LogP contribution is -3.14. The second-order valence-electron chi connectivity index (χ2n) is 6.98. The van der Waals surface area contributed by atoms with Gasteiger partial charge in [0.2, 0.25) is 0 Å². The number of ether oxygens (including phenoxy) is 1. The molecule has 4 rings (SSSR count). The van der Waals surface area contributed by atoms with Crippen molar-refractivity contribution in [3.05, 3.63) is 26.6 Å². The molecular weight excluding hydrogens is 310 g/mol. The van der Waals surface area contributed by atoms with E-state index in [1.165, 1.54) is 21.8 Å². The lowest BCUT2D eigenvalue weighted by molar-refractivity contribution is -0.937. The first kappa shape index (κ1) is 15.3. The van der Waals surface area contributed by atoms with Gasteiger partial charge >= 0.3 is 0 Å². The zero-order valence-corrected chi connectivity index (χ0v) is 14.6. The van der Waals surface area contributed by atoms with Crippen LogP contribution in [0.25, 0.3) is 10.2 Å². The normalized spacial score (nSPS) is 23.8. The predicted octanol–water partition coefficient (Wildman–Crippen LogP) is 1.09. The first-order valence-corrected chi connectivity index (χ1v) is 9.42. The Morgan fingerprint density at radius 2 is 2.17 bits per heavy atom. The molecule has 0 amide bonds. The first-order valence-electron chi connectivity index (χ1n) is 8.60. The number of rotatable bonds is 2. The molecule has 0 saturated carbocycles. The number of hydrogen-bond donors (Lipinski definition) is 2. The number of aryl methyl sites for hydroxylation is 1. The van der Waals surface area contributed by atoms with Crippen molar-refractivity contribution in [2.24, 2.45) is 5.92 Å². The van der Waals surface area contributed by atoms with E-state index in [4.69, 9.17) is 9.72 Å². The van der Waals surface area contributed by atoms with Crippen LogP contribution in [0.1, 0.15) is 42.6 Å². The number of H-pyrrole nitrogens is 1. The summed E-state index contributed by atoms with van der Waals surface area (Å²) in [5.41, 5.74) is 1.31. The number of quaternary nitrogens is 1. The molecule has 0 unspecified atom stereocenters. The van der Waals surface area contributed by atoms with Crippen LogP contribution in [-0.4, -0.2) is 36.3 Å². The molecule has 3 heterocycles. The molecule has 2 aromatic heterocycles. The predicted molar refractivity (Wildman–Crippen MR) is 91.4 cm³/mol. The number of nitrogens with one attached hydrogen (secondary N) is 2. The Kier molecular flexibility index (Phi) is 3.99. The second-order valence-corrected chi connectivity index (χ2v) is 8.06. The molecule has 2 aromatic rings. The maximum absolute atomic E-state index is 12.7. The average Bonchev–Trinajstić information content (AvgIpc) is 2.92. The SMILES string of the molecule is C[C@@H]1CCc2c(sc3nc([C@@H](C)[NH+]4CCOCC4)[nH]c(=O)c23)C1. The number of aromatic nitrogens is 2. The Morgan fingerprint density at radius 3 is 2.96 bits per heavy atom. The Bertz CT molecular complexity index is 776. The summed E-state index contributed by atoms with van der Waals surface area (Å²) in [4.78, 5) is 24.3. The third-order valence-electron chi connectivity index (χ3n) is 5.34. The molecule has 1 aliphatic carbocycles. The molecule has 5 nitrogen and oxygen atoms in total. The van der Waals surface area contributed by atoms with E-state index in [9.17, 15) is 4.79 Å². The van der Waals surface area contributed by atoms with Gasteiger partial charge in [0.15, 0.2) is 5.82 Å². The molecule has 1 aliphatic heterocycles. The summed E-state index contributed by atoms with van der Waals surface area (Å²) in [6, 6.07) is 0.203. The Morgan fingerprint density at radius 1 is 1.39 bits per heavy atom. The fourth-order valence-corrected chi connectivity index (χ4v) is 5.22. The van der Waals surface area contributed by atoms with Gasteiger partial charge in [-0.25, -0.2) is 4.98 Å². The fourth-order valence-electron chi connectivity index (χ4n) is 3.83. The van der Waals surface area contributed by atoms with Crippen LogP contribution in [0.5, 0.6) is 0 Å². The standard InChI is InChI=1S/C17H23N3O2S/c1-10-3-4-12-13(9-10)23-17-14(12)16(21)18-15(19-17)11(2)20-5-7-22-8-6-20/h10-11H,3-9H2,1-2H3,(H,18,19,21)/p+1/t10-,11-/m1/s1. The number of morpholine rings is 1. The van der Waals surface area contributed by atoms with Crippen LogP contribution in [0.3, 0.4) is 0 Å². The largest absolute Gasteiger partial charge is 0.370 e. The minimum atomic E-state index is 0.0524. The lowest BCUT2D eigenvalue weighted by Gasteiger charge is -2.28. The van der Waals surface area contributed by atoms with Gasteiger partial charge in [-0.1, -0.05) is 6.92 Å². The molecule has 2 N–H and O–H groups in total. The summed E-state index contributed by atoms with van der Waals surface area (Å²) in [6.45, 7) is 7.97. The van der Waals surface area contributed by atoms with Crippen molar-refractivity contribution in [2.75, 3.05) is 26.3 Å². The van der Waals surface area contributed by atoms with Gasteiger partial charge in [-0.2, -0.15) is 0 Å². The summed E-state index contributed by atoms with van der Waals surface area (Å²) in [7, 11) is 0. The van der Waals surface area contributed by atoms with E-state index in [1.807, 2.05) is 0 Å². The highest BCUT2D eigenvalue weighted by atomic mass is 32.1. The van der Waals surface area contributed by atoms with Crippen LogP contribution in [0.15, 0.2) is 4.79 Å². The van der Waals surface area contributed by atoms with Crippen molar-refractivity contribution in [3.8, 4) is 0 Å². The highest BCUT2D eigenvalue weighted by Crippen LogP contribution is 2.35. The number of hydrogen-bond acceptors (Lipinski definition) is 4. The van der Waals surface area contributed by atoms with Crippen molar-refractivity contribution in [2.45, 2.75) is 39.2 Å². The van der Waals surface area contributed by atoms with E-state index >= 15 is 0 Å². The molecule has 0 aromatic carbocycles. The van der Waals surface area contributed by atoms with Crippen molar-refractivity contribution in [3.63, 3.8) is 0 Å². The zero-order valence-electron chi connectivity index (χ0n) is 13.8. The summed E-state index contributed by atoms with van der Waals surface area (Å²) in [5, 5.41) is 0.852. The van der Waals surface area contributed by atoms with E-state index in [1.54, 1.807) is 11.3 Å². The molecular formula is C17H24N3O2S+. The lowest BCUT2D eigenvalue weighted by atomic mass is 9.89. The van der Waals surface area contributed by atoms with Gasteiger partial charge in [0.1, 0.15) is 24.0 Å². The molecule has 2 aliphatic rings. The molecule has 2 atom stereocenters. The van der Waals surface area contributed by atoms with E-state index in [0.29, 0.717) is 5.92 Å². The zero-order chi connectivity index (χ0) is 16.0. The van der Waals surface area contributed by atoms with Gasteiger partial charge in [0.25, 0.3) is 5.56 Å². The van der Waals surface area contributed by atoms with Crippen LogP contribution < -0.4 is 10.5 Å². The average molecular weight is 334 g/mol. The minimum Gasteiger partial charge on any atom is -0.370 e. The van der Waals surface area contributed by atoms with E-state index in [0.717, 1.165) is 55.2 Å². The Hall–Kier alpha value is -1.24. The van der Waals surface area contributed by atoms with Gasteiger partial charge in [-0.3, -0.25) is 4.79 Å². The number of fused-ring (bicyclic) bond motifs is 3. The molecule has 23 heavy (non-hydrogen) atoms. The van der Waals surface area contributed by atoms with E-state index in [-0.39, 0.29) is 11.6 Å². The summed E-state index contributed by atoms with van der Waals surface area (Å²) >= 11 is 1.73. The quantitative estimate of drug-likeness (QED) is 0.864. The Balaban J connectivity index is 1.74. The van der Waals surface area contributed by atoms with Crippen molar-refractivity contribution < 1.29 is 9.64 Å². The van der Waals surface area contributed by atoms with Gasteiger partial charge in [-0.05, 0) is 37.7 Å². The Labute approximate surface area is 139 Å². The topological polar surface area (TPSA) is 59.4 Å². The highest BCUT2D eigenvalue weighted by Gasteiger charge is 2.27. The van der Waals surface area contributed by atoms with E-state index < -0.39 is 0 Å². The van der Waals surface area contributed by atoms with Crippen LogP contribution in [0, 0.1) is 5.92 Å². The monoisotopic (exact) mass is 334 g/mol.